The van der Waals surface area contributed by atoms with Gasteiger partial charge in [-0.05, 0) is 61.7 Å². The number of fused-ring (bicyclic) bond motifs is 2. The van der Waals surface area contributed by atoms with Gasteiger partial charge in [-0.25, -0.2) is 14.2 Å². The third-order valence-electron chi connectivity index (χ3n) is 11.9. The smallest absolute Gasteiger partial charge is 0.472 e. The molecule has 3 amide bonds. The number of likely N-dealkylation sites (tertiary alicyclic amines) is 1. The van der Waals surface area contributed by atoms with Gasteiger partial charge in [-0.3, -0.25) is 47.5 Å². The first kappa shape index (κ1) is 50.9. The quantitative estimate of drug-likeness (QED) is 0.0192. The molecule has 2 aromatic carbocycles. The number of phosphoric acid groups is 1. The molecule has 0 spiro atoms. The van der Waals surface area contributed by atoms with Crippen LogP contribution in [0.15, 0.2) is 79.6 Å². The minimum Gasteiger partial charge on any atom is -0.508 e. The molecule has 1 aromatic heterocycles. The van der Waals surface area contributed by atoms with Crippen LogP contribution in [0.1, 0.15) is 92.8 Å². The highest BCUT2D eigenvalue weighted by Crippen LogP contribution is 2.45. The number of aliphatic hydroxyl groups is 1. The van der Waals surface area contributed by atoms with Crippen LogP contribution in [0.2, 0.25) is 0 Å². The number of aryl methyl sites for hydroxylation is 1. The number of imide groups is 1. The molecule has 3 aromatic rings. The Morgan fingerprint density at radius 3 is 2.41 bits per heavy atom. The lowest BCUT2D eigenvalue weighted by atomic mass is 9.90. The predicted octanol–water partition coefficient (Wildman–Crippen LogP) is 5.92. The molecule has 4 heterocycles. The number of ether oxygens (including phenoxy) is 1. The summed E-state index contributed by atoms with van der Waals surface area (Å²) >= 11 is 1.14. The Morgan fingerprint density at radius 2 is 1.65 bits per heavy atom. The summed E-state index contributed by atoms with van der Waals surface area (Å²) < 4.78 is 35.2. The Kier molecular flexibility index (Phi) is 16.7. The SMILES string of the molecule is Cc1cn([C@H]2C[C@@H](O)[C@@H](COP(=O)(O)OCCSC3CC(=O)N(CCCCCCCCCCC(=O)Nc4ccc(-c5c6ccc(=O)cc-6oc6cc(O)ccc56)c(C(=O)O)c4)C3=O)O2)c(=O)[nH]c1=O. The van der Waals surface area contributed by atoms with Crippen molar-refractivity contribution in [2.24, 2.45) is 0 Å². The maximum absolute atomic E-state index is 13.0. The summed E-state index contributed by atoms with van der Waals surface area (Å²) in [5.74, 6) is -1.76. The van der Waals surface area contributed by atoms with Gasteiger partial charge in [0.1, 0.15) is 29.4 Å². The minimum absolute atomic E-state index is 0.0140. The summed E-state index contributed by atoms with van der Waals surface area (Å²) in [6.45, 7) is 1.02. The first-order valence-corrected chi connectivity index (χ1v) is 25.1. The third-order valence-corrected chi connectivity index (χ3v) is 14.1. The second-order valence-electron chi connectivity index (χ2n) is 17.0. The number of thioether (sulfide) groups is 1. The van der Waals surface area contributed by atoms with Crippen LogP contribution in [0.25, 0.3) is 33.4 Å². The Labute approximate surface area is 398 Å². The third kappa shape index (κ3) is 12.8. The highest BCUT2D eigenvalue weighted by atomic mass is 32.2. The monoisotopic (exact) mass is 992 g/mol. The molecular formula is C47H53N4O16PS. The number of benzene rings is 3. The first-order valence-electron chi connectivity index (χ1n) is 22.6. The fourth-order valence-corrected chi connectivity index (χ4v) is 10.3. The van der Waals surface area contributed by atoms with E-state index < -0.39 is 55.3 Å². The molecule has 4 aliphatic rings. The number of H-pyrrole nitrogens is 1. The number of nitrogens with zero attached hydrogens (tertiary/aromatic N) is 2. The van der Waals surface area contributed by atoms with Gasteiger partial charge in [0, 0.05) is 77.7 Å². The number of phenolic OH excluding ortho intramolecular Hbond substituents is 1. The number of anilines is 1. The summed E-state index contributed by atoms with van der Waals surface area (Å²) in [4.78, 5) is 101. The van der Waals surface area contributed by atoms with E-state index in [1.165, 1.54) is 48.4 Å². The van der Waals surface area contributed by atoms with Crippen molar-refractivity contribution in [3.63, 3.8) is 0 Å². The molecule has 0 saturated carbocycles. The summed E-state index contributed by atoms with van der Waals surface area (Å²) in [7, 11) is -4.59. The van der Waals surface area contributed by atoms with E-state index in [-0.39, 0.29) is 83.0 Å². The molecular weight excluding hydrogens is 940 g/mol. The number of phosphoric ester groups is 1. The second-order valence-corrected chi connectivity index (χ2v) is 19.7. The van der Waals surface area contributed by atoms with E-state index in [1.54, 1.807) is 24.3 Å². The van der Waals surface area contributed by atoms with Gasteiger partial charge in [0.15, 0.2) is 5.43 Å². The molecule has 0 bridgehead atoms. The molecule has 7 rings (SSSR count). The lowest BCUT2D eigenvalue weighted by Crippen LogP contribution is -2.33. The summed E-state index contributed by atoms with van der Waals surface area (Å²) in [5, 5.41) is 33.4. The zero-order valence-corrected chi connectivity index (χ0v) is 39.3. The number of unbranched alkanes of at least 4 members (excludes halogenated alkanes) is 7. The van der Waals surface area contributed by atoms with Crippen molar-refractivity contribution in [2.45, 2.75) is 101 Å². The normalized spacial score (nSPS) is 19.1. The van der Waals surface area contributed by atoms with Gasteiger partial charge in [0.2, 0.25) is 17.7 Å². The Balaban J connectivity index is 0.751. The van der Waals surface area contributed by atoms with Gasteiger partial charge in [0.05, 0.1) is 30.1 Å². The molecule has 6 N–H and O–H groups in total. The van der Waals surface area contributed by atoms with Crippen molar-refractivity contribution in [2.75, 3.05) is 30.8 Å². The number of phenols is 1. The number of aliphatic hydroxyl groups excluding tert-OH is 1. The Morgan fingerprint density at radius 1 is 0.928 bits per heavy atom. The van der Waals surface area contributed by atoms with E-state index in [0.717, 1.165) is 54.9 Å². The second kappa shape index (κ2) is 22.7. The fraction of sp³-hybridized carbons (Fsp3) is 0.426. The Bertz CT molecular complexity index is 2920. The van der Waals surface area contributed by atoms with E-state index in [0.29, 0.717) is 47.2 Å². The van der Waals surface area contributed by atoms with E-state index in [1.807, 2.05) is 0 Å². The minimum atomic E-state index is -4.59. The summed E-state index contributed by atoms with van der Waals surface area (Å²) in [6.07, 6.45) is 5.05. The zero-order valence-electron chi connectivity index (χ0n) is 37.6. The molecule has 5 atom stereocenters. The van der Waals surface area contributed by atoms with Gasteiger partial charge < -0.3 is 34.7 Å². The molecule has 22 heteroatoms. The number of carbonyl (C=O) groups is 4. The molecule has 20 nitrogen and oxygen atoms in total. The number of rotatable bonds is 23. The van der Waals surface area contributed by atoms with Gasteiger partial charge >= 0.3 is 19.5 Å². The van der Waals surface area contributed by atoms with Gasteiger partial charge in [0.25, 0.3) is 5.56 Å². The highest BCUT2D eigenvalue weighted by molar-refractivity contribution is 8.00. The van der Waals surface area contributed by atoms with Crippen LogP contribution in [-0.2, 0) is 32.7 Å². The molecule has 2 fully saturated rings. The molecule has 368 valence electrons. The number of carbonyl (C=O) groups excluding carboxylic acids is 3. The van der Waals surface area contributed by atoms with Gasteiger partial charge in [-0.2, -0.15) is 0 Å². The average Bonchev–Trinajstić information content (AvgIpc) is 3.80. The van der Waals surface area contributed by atoms with Crippen molar-refractivity contribution in [1.82, 2.24) is 14.5 Å². The van der Waals surface area contributed by atoms with E-state index in [2.05, 4.69) is 10.3 Å². The lowest BCUT2D eigenvalue weighted by Gasteiger charge is -2.18. The van der Waals surface area contributed by atoms with Gasteiger partial charge in [-0.15, -0.1) is 11.8 Å². The molecule has 2 saturated heterocycles. The Hall–Kier alpha value is -5.93. The maximum Gasteiger partial charge on any atom is 0.472 e. The number of carboxylic acids is 1. The van der Waals surface area contributed by atoms with Crippen LogP contribution in [0, 0.1) is 6.92 Å². The number of aromatic amines is 1. The molecule has 2 unspecified atom stereocenters. The van der Waals surface area contributed by atoms with Crippen LogP contribution < -0.4 is 22.0 Å². The fourth-order valence-electron chi connectivity index (χ4n) is 8.41. The molecule has 3 aliphatic heterocycles. The topological polar surface area (TPSA) is 294 Å². The van der Waals surface area contributed by atoms with E-state index >= 15 is 0 Å². The maximum atomic E-state index is 13.0. The van der Waals surface area contributed by atoms with E-state index in [4.69, 9.17) is 18.2 Å². The summed E-state index contributed by atoms with van der Waals surface area (Å²) in [5.41, 5.74) is 0.564. The number of aromatic hydroxyl groups is 1. The van der Waals surface area contributed by atoms with Crippen LogP contribution in [-0.4, -0.2) is 101 Å². The van der Waals surface area contributed by atoms with Crippen molar-refractivity contribution < 1.29 is 62.2 Å². The number of aromatic nitrogens is 2. The number of aromatic carboxylic acids is 1. The standard InChI is InChI=1S/C47H53N4O16PS/c1-27-25-51(47(61)49-44(27)57)42-23-35(54)38(67-42)26-65-68(62,63)64-18-19-69-39-24-41(56)50(45(39)58)17-9-7-5-3-2-4-6-8-10-40(55)48-28-11-14-31(34(20-28)46(59)60)43-32-15-12-29(52)21-36(32)66-37-22-30(53)13-16-33(37)43/h11-16,20-22,25,35,38-39,42,52,54H,2-10,17-19,23-24,26H2,1H3,(H,48,55)(H,59,60)(H,62,63)(H,49,57,61)/t35-,38-,39?,42-/m1/s1. The van der Waals surface area contributed by atoms with E-state index in [9.17, 15) is 58.3 Å². The molecule has 1 aliphatic carbocycles. The number of amides is 3. The number of hydrogen-bond donors (Lipinski definition) is 6. The van der Waals surface area contributed by atoms with Crippen molar-refractivity contribution >= 4 is 59.9 Å². The van der Waals surface area contributed by atoms with Crippen molar-refractivity contribution in [3.8, 4) is 28.2 Å². The lowest BCUT2D eigenvalue weighted by molar-refractivity contribution is -0.138. The predicted molar refractivity (Wildman–Crippen MR) is 253 cm³/mol. The largest absolute Gasteiger partial charge is 0.508 e. The zero-order chi connectivity index (χ0) is 49.4. The number of carboxylic acid groups (broad SMARTS) is 1. The summed E-state index contributed by atoms with van der Waals surface area (Å²) in [6, 6.07) is 13.3. The van der Waals surface area contributed by atoms with Gasteiger partial charge in [-0.1, -0.05) is 44.6 Å². The van der Waals surface area contributed by atoms with Crippen LogP contribution in [0.3, 0.4) is 0 Å². The van der Waals surface area contributed by atoms with Crippen molar-refractivity contribution in [1.29, 1.82) is 0 Å². The van der Waals surface area contributed by atoms with Crippen LogP contribution in [0.4, 0.5) is 5.69 Å². The van der Waals surface area contributed by atoms with Crippen LogP contribution in [0.5, 0.6) is 5.75 Å². The first-order chi connectivity index (χ1) is 33.0. The van der Waals surface area contributed by atoms with Crippen molar-refractivity contribution in [3.05, 3.63) is 103 Å². The van der Waals surface area contributed by atoms with Crippen LogP contribution >= 0.6 is 19.6 Å². The average molecular weight is 993 g/mol. The molecule has 0 radical (unpaired) electrons. The highest BCUT2D eigenvalue weighted by Gasteiger charge is 2.39. The number of nitrogens with one attached hydrogen (secondary N) is 2. The molecule has 69 heavy (non-hydrogen) atoms. The number of hydrogen-bond acceptors (Lipinski definition) is 15.